The fourth-order valence-electron chi connectivity index (χ4n) is 5.69. The van der Waals surface area contributed by atoms with Crippen LogP contribution in [-0.4, -0.2) is 39.8 Å². The second-order valence-electron chi connectivity index (χ2n) is 9.88. The molecule has 2 unspecified atom stereocenters. The number of aromatic nitrogens is 3. The van der Waals surface area contributed by atoms with E-state index in [2.05, 4.69) is 21.8 Å². The number of halogens is 1. The number of nitrogens with zero attached hydrogens (tertiary/aromatic N) is 4. The number of hydrogen-bond acceptors (Lipinski definition) is 6. The quantitative estimate of drug-likeness (QED) is 0.342. The zero-order valence-electron chi connectivity index (χ0n) is 19.9. The third-order valence-corrected chi connectivity index (χ3v) is 7.38. The first-order chi connectivity index (χ1) is 17.1. The number of fused-ring (bicyclic) bond motifs is 4. The van der Waals surface area contributed by atoms with Gasteiger partial charge in [0.15, 0.2) is 5.82 Å². The molecule has 35 heavy (non-hydrogen) atoms. The fraction of sp³-hybridized carbons (Fsp3) is 0.393. The normalized spacial score (nSPS) is 19.5. The van der Waals surface area contributed by atoms with Crippen LogP contribution < -0.4 is 9.64 Å². The Morgan fingerprint density at radius 3 is 2.69 bits per heavy atom. The molecule has 1 aliphatic carbocycles. The molecule has 3 heterocycles. The molecule has 180 valence electrons. The summed E-state index contributed by atoms with van der Waals surface area (Å²) >= 11 is 0. The van der Waals surface area contributed by atoms with Crippen molar-refractivity contribution in [1.82, 2.24) is 15.0 Å². The Morgan fingerprint density at radius 2 is 1.89 bits per heavy atom. The molecular weight excluding hydrogens is 443 g/mol. The number of piperidine rings is 1. The molecule has 1 saturated heterocycles. The highest BCUT2D eigenvalue weighted by Crippen LogP contribution is 2.41. The van der Waals surface area contributed by atoms with Gasteiger partial charge in [-0.3, -0.25) is 4.98 Å². The minimum atomic E-state index is -0.526. The Hall–Kier alpha value is -3.48. The van der Waals surface area contributed by atoms with E-state index in [1.165, 1.54) is 19.3 Å². The molecule has 7 heteroatoms. The monoisotopic (exact) mass is 472 g/mol. The number of phenols is 1. The van der Waals surface area contributed by atoms with Crippen molar-refractivity contribution < 1.29 is 14.2 Å². The number of anilines is 1. The molecule has 2 aromatic carbocycles. The van der Waals surface area contributed by atoms with E-state index in [0.29, 0.717) is 35.2 Å². The first-order valence-corrected chi connectivity index (χ1v) is 12.6. The van der Waals surface area contributed by atoms with Crippen LogP contribution in [0.5, 0.6) is 11.8 Å². The highest BCUT2D eigenvalue weighted by Gasteiger charge is 2.34. The van der Waals surface area contributed by atoms with E-state index in [-0.39, 0.29) is 23.0 Å². The Kier molecular flexibility index (Phi) is 5.63. The van der Waals surface area contributed by atoms with Crippen molar-refractivity contribution in [3.05, 3.63) is 48.4 Å². The molecule has 1 saturated carbocycles. The average molecular weight is 473 g/mol. The number of phenolic OH excluding ortho intramolecular Hbond substituents is 1. The van der Waals surface area contributed by atoms with Gasteiger partial charge < -0.3 is 14.7 Å². The van der Waals surface area contributed by atoms with Crippen LogP contribution in [0.25, 0.3) is 32.9 Å². The Labute approximate surface area is 203 Å². The summed E-state index contributed by atoms with van der Waals surface area (Å²) in [6.07, 6.45) is 7.29. The highest BCUT2D eigenvalue weighted by atomic mass is 19.1. The molecule has 2 aliphatic rings. The lowest BCUT2D eigenvalue weighted by molar-refractivity contribution is 0.286. The van der Waals surface area contributed by atoms with Gasteiger partial charge >= 0.3 is 6.01 Å². The number of unbranched alkanes of at least 4 members (excludes halogenated alkanes) is 1. The predicted molar refractivity (Wildman–Crippen MR) is 135 cm³/mol. The van der Waals surface area contributed by atoms with E-state index in [1.807, 2.05) is 24.3 Å². The first kappa shape index (κ1) is 22.0. The van der Waals surface area contributed by atoms with Gasteiger partial charge in [0, 0.05) is 24.8 Å². The summed E-state index contributed by atoms with van der Waals surface area (Å²) in [5.74, 6) is 1.55. The Balaban J connectivity index is 1.52. The van der Waals surface area contributed by atoms with E-state index in [4.69, 9.17) is 9.72 Å². The van der Waals surface area contributed by atoms with Crippen LogP contribution in [0, 0.1) is 17.7 Å². The van der Waals surface area contributed by atoms with Crippen molar-refractivity contribution in [1.29, 1.82) is 0 Å². The molecular formula is C28H29FN4O2. The molecule has 2 atom stereocenters. The molecule has 2 bridgehead atoms. The van der Waals surface area contributed by atoms with Gasteiger partial charge in [0.05, 0.1) is 12.0 Å². The predicted octanol–water partition coefficient (Wildman–Crippen LogP) is 6.10. The maximum absolute atomic E-state index is 16.2. The van der Waals surface area contributed by atoms with Gasteiger partial charge in [-0.1, -0.05) is 37.6 Å². The summed E-state index contributed by atoms with van der Waals surface area (Å²) in [6.45, 7) is 4.41. The lowest BCUT2D eigenvalue weighted by Gasteiger charge is -2.33. The minimum Gasteiger partial charge on any atom is -0.508 e. The van der Waals surface area contributed by atoms with Gasteiger partial charge in [0.2, 0.25) is 0 Å². The van der Waals surface area contributed by atoms with Crippen LogP contribution in [0.2, 0.25) is 0 Å². The zero-order chi connectivity index (χ0) is 23.9. The third-order valence-electron chi connectivity index (χ3n) is 7.38. The lowest BCUT2D eigenvalue weighted by atomic mass is 9.98. The Morgan fingerprint density at radius 1 is 1.09 bits per heavy atom. The number of ether oxygens (including phenoxy) is 1. The van der Waals surface area contributed by atoms with Gasteiger partial charge in [-0.2, -0.15) is 9.97 Å². The maximum Gasteiger partial charge on any atom is 0.319 e. The van der Waals surface area contributed by atoms with E-state index in [1.54, 1.807) is 18.3 Å². The van der Waals surface area contributed by atoms with Crippen molar-refractivity contribution in [2.75, 3.05) is 24.6 Å². The first-order valence-electron chi connectivity index (χ1n) is 12.6. The number of hydrogen-bond donors (Lipinski definition) is 1. The van der Waals surface area contributed by atoms with Crippen molar-refractivity contribution >= 4 is 27.5 Å². The summed E-state index contributed by atoms with van der Waals surface area (Å²) in [6, 6.07) is 11.0. The van der Waals surface area contributed by atoms with Crippen molar-refractivity contribution in [2.45, 2.75) is 39.0 Å². The molecule has 0 radical (unpaired) electrons. The molecule has 6 rings (SSSR count). The summed E-state index contributed by atoms with van der Waals surface area (Å²) in [7, 11) is 0. The molecule has 6 nitrogen and oxygen atoms in total. The van der Waals surface area contributed by atoms with Gasteiger partial charge in [-0.25, -0.2) is 4.39 Å². The molecule has 0 amide bonds. The van der Waals surface area contributed by atoms with Crippen LogP contribution in [0.15, 0.2) is 42.6 Å². The van der Waals surface area contributed by atoms with Gasteiger partial charge in [-0.15, -0.1) is 0 Å². The summed E-state index contributed by atoms with van der Waals surface area (Å²) in [4.78, 5) is 16.1. The summed E-state index contributed by atoms with van der Waals surface area (Å²) < 4.78 is 22.1. The van der Waals surface area contributed by atoms with E-state index >= 15 is 4.39 Å². The molecule has 0 spiro atoms. The molecule has 1 N–H and O–H groups in total. The average Bonchev–Trinajstić information content (AvgIpc) is 3.21. The van der Waals surface area contributed by atoms with Crippen LogP contribution in [-0.2, 0) is 0 Å². The van der Waals surface area contributed by atoms with E-state index in [9.17, 15) is 5.11 Å². The zero-order valence-corrected chi connectivity index (χ0v) is 19.9. The highest BCUT2D eigenvalue weighted by molar-refractivity contribution is 5.99. The van der Waals surface area contributed by atoms with Crippen LogP contribution in [0.3, 0.4) is 0 Å². The third kappa shape index (κ3) is 4.03. The van der Waals surface area contributed by atoms with Crippen molar-refractivity contribution in [2.24, 2.45) is 11.8 Å². The molecule has 2 fully saturated rings. The van der Waals surface area contributed by atoms with Crippen LogP contribution >= 0.6 is 0 Å². The smallest absolute Gasteiger partial charge is 0.319 e. The molecule has 1 aliphatic heterocycles. The van der Waals surface area contributed by atoms with Gasteiger partial charge in [0.1, 0.15) is 22.8 Å². The molecule has 4 aromatic rings. The lowest BCUT2D eigenvalue weighted by Crippen LogP contribution is -2.37. The van der Waals surface area contributed by atoms with Crippen molar-refractivity contribution in [3.63, 3.8) is 0 Å². The van der Waals surface area contributed by atoms with E-state index in [0.717, 1.165) is 36.7 Å². The van der Waals surface area contributed by atoms with Crippen molar-refractivity contribution in [3.8, 4) is 23.0 Å². The minimum absolute atomic E-state index is 0.0655. The second-order valence-corrected chi connectivity index (χ2v) is 9.88. The maximum atomic E-state index is 16.2. The topological polar surface area (TPSA) is 71.4 Å². The number of pyridine rings is 1. The van der Waals surface area contributed by atoms with Gasteiger partial charge in [0.25, 0.3) is 0 Å². The number of aromatic hydroxyl groups is 1. The van der Waals surface area contributed by atoms with E-state index < -0.39 is 5.82 Å². The number of rotatable bonds is 6. The standard InChI is InChI=1S/C28H29FN4O2/c1-2-3-10-35-28-31-26-23(27(32-28)33-15-17-8-9-18(11-17)16-33)14-30-25(24(26)29)22-13-20(34)12-19-6-4-5-7-21(19)22/h4-7,12-14,17-18,34H,2-3,8-11,15-16H2,1H3. The van der Waals surface area contributed by atoms with Gasteiger partial charge in [-0.05, 0) is 60.4 Å². The molecule has 2 aromatic heterocycles. The largest absolute Gasteiger partial charge is 0.508 e. The number of benzene rings is 2. The fourth-order valence-corrected chi connectivity index (χ4v) is 5.69. The second kappa shape index (κ2) is 8.95. The summed E-state index contributed by atoms with van der Waals surface area (Å²) in [5.41, 5.74) is 0.897. The SMILES string of the molecule is CCCCOc1nc(N2CC3CCC(C3)C2)c2cnc(-c3cc(O)cc4ccccc34)c(F)c2n1. The summed E-state index contributed by atoms with van der Waals surface area (Å²) in [5, 5.41) is 12.5. The Bertz CT molecular complexity index is 1400. The van der Waals surface area contributed by atoms with Crippen LogP contribution in [0.1, 0.15) is 39.0 Å². The van der Waals surface area contributed by atoms with Crippen LogP contribution in [0.4, 0.5) is 10.2 Å².